The lowest BCUT2D eigenvalue weighted by Gasteiger charge is -2.26. The van der Waals surface area contributed by atoms with E-state index in [4.69, 9.17) is 0 Å². The van der Waals surface area contributed by atoms with Gasteiger partial charge in [-0.2, -0.15) is 4.31 Å². The highest BCUT2D eigenvalue weighted by Crippen LogP contribution is 2.45. The van der Waals surface area contributed by atoms with Crippen LogP contribution in [0.3, 0.4) is 0 Å². The molecule has 0 radical (unpaired) electrons. The molecule has 1 heterocycles. The standard InChI is InChI=1S/C19H29NO3S/c1-18(2,3)15-7-9-17(10-8-15)24(22,23)20-13-4-11-19(21,12-14-20)16-5-6-16/h7-10,16,21H,4-6,11-14H2,1-3H3. The number of benzene rings is 1. The van der Waals surface area contributed by atoms with E-state index in [1.54, 1.807) is 16.4 Å². The third-order valence-corrected chi connectivity index (χ3v) is 7.42. The molecular weight excluding hydrogens is 322 g/mol. The van der Waals surface area contributed by atoms with E-state index in [9.17, 15) is 13.5 Å². The SMILES string of the molecule is CC(C)(C)c1ccc(S(=O)(=O)N2CCCC(O)(C3CC3)CC2)cc1. The maximum absolute atomic E-state index is 12.9. The van der Waals surface area contributed by atoms with Crippen LogP contribution in [-0.2, 0) is 15.4 Å². The molecule has 1 unspecified atom stereocenters. The molecule has 24 heavy (non-hydrogen) atoms. The molecule has 0 amide bonds. The molecule has 0 spiro atoms. The normalized spacial score (nSPS) is 27.0. The highest BCUT2D eigenvalue weighted by atomic mass is 32.2. The molecule has 1 saturated carbocycles. The lowest BCUT2D eigenvalue weighted by Crippen LogP contribution is -2.35. The molecule has 0 bridgehead atoms. The van der Waals surface area contributed by atoms with Gasteiger partial charge in [0.2, 0.25) is 10.0 Å². The molecule has 5 heteroatoms. The molecule has 0 aromatic heterocycles. The van der Waals surface area contributed by atoms with E-state index in [2.05, 4.69) is 20.8 Å². The Morgan fingerprint density at radius 2 is 1.71 bits per heavy atom. The zero-order valence-corrected chi connectivity index (χ0v) is 15.8. The molecular formula is C19H29NO3S. The van der Waals surface area contributed by atoms with Crippen LogP contribution in [0.4, 0.5) is 0 Å². The van der Waals surface area contributed by atoms with Crippen molar-refractivity contribution in [3.8, 4) is 0 Å². The van der Waals surface area contributed by atoms with Crippen LogP contribution in [0.1, 0.15) is 58.4 Å². The summed E-state index contributed by atoms with van der Waals surface area (Å²) < 4.78 is 27.4. The van der Waals surface area contributed by atoms with Crippen molar-refractivity contribution < 1.29 is 13.5 Å². The second-order valence-corrected chi connectivity index (χ2v) is 10.3. The van der Waals surface area contributed by atoms with Crippen molar-refractivity contribution in [1.29, 1.82) is 0 Å². The van der Waals surface area contributed by atoms with E-state index in [-0.39, 0.29) is 5.41 Å². The Hall–Kier alpha value is -0.910. The molecule has 3 rings (SSSR count). The summed E-state index contributed by atoms with van der Waals surface area (Å²) in [5.41, 5.74) is 0.479. The van der Waals surface area contributed by atoms with E-state index >= 15 is 0 Å². The number of hydrogen-bond donors (Lipinski definition) is 1. The van der Waals surface area contributed by atoms with Gasteiger partial charge >= 0.3 is 0 Å². The van der Waals surface area contributed by atoms with Crippen LogP contribution in [0.25, 0.3) is 0 Å². The van der Waals surface area contributed by atoms with Gasteiger partial charge in [-0.15, -0.1) is 0 Å². The van der Waals surface area contributed by atoms with Gasteiger partial charge in [0.1, 0.15) is 0 Å². The van der Waals surface area contributed by atoms with Crippen molar-refractivity contribution >= 4 is 10.0 Å². The maximum atomic E-state index is 12.9. The minimum atomic E-state index is -3.48. The lowest BCUT2D eigenvalue weighted by molar-refractivity contribution is 0.00480. The van der Waals surface area contributed by atoms with E-state index in [1.807, 2.05) is 12.1 Å². The summed E-state index contributed by atoms with van der Waals surface area (Å²) in [5, 5.41) is 10.7. The smallest absolute Gasteiger partial charge is 0.243 e. The maximum Gasteiger partial charge on any atom is 0.243 e. The second kappa shape index (κ2) is 6.11. The third-order valence-electron chi connectivity index (χ3n) is 5.51. The predicted molar refractivity (Wildman–Crippen MR) is 95.4 cm³/mol. The van der Waals surface area contributed by atoms with E-state index in [0.29, 0.717) is 36.7 Å². The van der Waals surface area contributed by atoms with Gasteiger partial charge in [0.15, 0.2) is 0 Å². The Balaban J connectivity index is 1.77. The van der Waals surface area contributed by atoms with Crippen LogP contribution < -0.4 is 0 Å². The second-order valence-electron chi connectivity index (χ2n) is 8.41. The van der Waals surface area contributed by atoms with Gasteiger partial charge in [-0.05, 0) is 61.1 Å². The Morgan fingerprint density at radius 1 is 1.08 bits per heavy atom. The molecule has 1 aromatic rings. The number of hydrogen-bond acceptors (Lipinski definition) is 3. The summed E-state index contributed by atoms with van der Waals surface area (Å²) >= 11 is 0. The Labute approximate surface area is 145 Å². The van der Waals surface area contributed by atoms with Crippen LogP contribution in [0.15, 0.2) is 29.2 Å². The van der Waals surface area contributed by atoms with Crippen LogP contribution in [0.2, 0.25) is 0 Å². The molecule has 1 atom stereocenters. The first-order valence-electron chi connectivity index (χ1n) is 8.96. The van der Waals surface area contributed by atoms with E-state index < -0.39 is 15.6 Å². The van der Waals surface area contributed by atoms with Gasteiger partial charge in [-0.3, -0.25) is 0 Å². The average Bonchev–Trinajstić information content (AvgIpc) is 3.34. The molecule has 1 aliphatic carbocycles. The van der Waals surface area contributed by atoms with E-state index in [0.717, 1.165) is 24.8 Å². The van der Waals surface area contributed by atoms with Gasteiger partial charge in [0, 0.05) is 13.1 Å². The molecule has 1 saturated heterocycles. The lowest BCUT2D eigenvalue weighted by atomic mass is 9.87. The van der Waals surface area contributed by atoms with Gasteiger partial charge in [-0.25, -0.2) is 8.42 Å². The first-order chi connectivity index (χ1) is 11.1. The Kier molecular flexibility index (Phi) is 4.56. The number of aliphatic hydroxyl groups is 1. The summed E-state index contributed by atoms with van der Waals surface area (Å²) in [4.78, 5) is 0.354. The highest BCUT2D eigenvalue weighted by Gasteiger charge is 2.45. The van der Waals surface area contributed by atoms with Crippen molar-refractivity contribution in [1.82, 2.24) is 4.31 Å². The minimum Gasteiger partial charge on any atom is -0.390 e. The summed E-state index contributed by atoms with van der Waals surface area (Å²) in [6.07, 6.45) is 4.16. The molecule has 2 aliphatic rings. The Bertz CT molecular complexity index is 686. The monoisotopic (exact) mass is 351 g/mol. The molecule has 134 valence electrons. The third kappa shape index (κ3) is 3.53. The molecule has 2 fully saturated rings. The van der Waals surface area contributed by atoms with Gasteiger partial charge in [0.05, 0.1) is 10.5 Å². The zero-order chi connectivity index (χ0) is 17.6. The topological polar surface area (TPSA) is 57.6 Å². The number of sulfonamides is 1. The molecule has 1 aliphatic heterocycles. The fourth-order valence-corrected chi connectivity index (χ4v) is 5.14. The zero-order valence-electron chi connectivity index (χ0n) is 15.0. The quantitative estimate of drug-likeness (QED) is 0.909. The summed E-state index contributed by atoms with van der Waals surface area (Å²) in [6.45, 7) is 7.26. The highest BCUT2D eigenvalue weighted by molar-refractivity contribution is 7.89. The largest absolute Gasteiger partial charge is 0.390 e. The Morgan fingerprint density at radius 3 is 2.25 bits per heavy atom. The molecule has 4 nitrogen and oxygen atoms in total. The van der Waals surface area contributed by atoms with Gasteiger partial charge in [0.25, 0.3) is 0 Å². The predicted octanol–water partition coefficient (Wildman–Crippen LogP) is 3.30. The van der Waals surface area contributed by atoms with Gasteiger partial charge < -0.3 is 5.11 Å². The van der Waals surface area contributed by atoms with Crippen molar-refractivity contribution in [3.05, 3.63) is 29.8 Å². The fourth-order valence-electron chi connectivity index (χ4n) is 3.66. The van der Waals surface area contributed by atoms with Gasteiger partial charge in [-0.1, -0.05) is 32.9 Å². The molecule has 1 N–H and O–H groups in total. The van der Waals surface area contributed by atoms with Crippen LogP contribution in [0, 0.1) is 5.92 Å². The average molecular weight is 352 g/mol. The van der Waals surface area contributed by atoms with Crippen LogP contribution in [0.5, 0.6) is 0 Å². The van der Waals surface area contributed by atoms with Crippen molar-refractivity contribution in [2.24, 2.45) is 5.92 Å². The fraction of sp³-hybridized carbons (Fsp3) is 0.684. The number of nitrogens with zero attached hydrogens (tertiary/aromatic N) is 1. The summed E-state index contributed by atoms with van der Waals surface area (Å²) in [6, 6.07) is 7.25. The first kappa shape index (κ1) is 17.9. The summed E-state index contributed by atoms with van der Waals surface area (Å²) in [7, 11) is -3.48. The van der Waals surface area contributed by atoms with Crippen molar-refractivity contribution in [2.75, 3.05) is 13.1 Å². The number of rotatable bonds is 3. The molecule has 1 aromatic carbocycles. The van der Waals surface area contributed by atoms with Crippen LogP contribution in [-0.4, -0.2) is 36.5 Å². The van der Waals surface area contributed by atoms with Crippen molar-refractivity contribution in [2.45, 2.75) is 68.8 Å². The first-order valence-corrected chi connectivity index (χ1v) is 10.4. The van der Waals surface area contributed by atoms with Crippen molar-refractivity contribution in [3.63, 3.8) is 0 Å². The van der Waals surface area contributed by atoms with Crippen LogP contribution >= 0.6 is 0 Å². The van der Waals surface area contributed by atoms with E-state index in [1.165, 1.54) is 0 Å². The summed E-state index contributed by atoms with van der Waals surface area (Å²) in [5.74, 6) is 0.381. The minimum absolute atomic E-state index is 0.00561.